The monoisotopic (exact) mass is 286 g/mol. The number of nitrogens with one attached hydrogen (secondary N) is 1. The Labute approximate surface area is 127 Å². The largest absolute Gasteiger partial charge is 0.379 e. The molecule has 2 aromatic rings. The lowest BCUT2D eigenvalue weighted by Gasteiger charge is -2.14. The zero-order valence-electron chi connectivity index (χ0n) is 13.7. The van der Waals surface area contributed by atoms with E-state index in [9.17, 15) is 0 Å². The van der Waals surface area contributed by atoms with Crippen LogP contribution in [0.25, 0.3) is 0 Å². The molecule has 1 unspecified atom stereocenters. The van der Waals surface area contributed by atoms with Gasteiger partial charge in [-0.25, -0.2) is 4.98 Å². The van der Waals surface area contributed by atoms with Gasteiger partial charge in [-0.2, -0.15) is 0 Å². The molecular formula is C17H26N4. The van der Waals surface area contributed by atoms with E-state index in [0.717, 1.165) is 18.2 Å². The van der Waals surface area contributed by atoms with Gasteiger partial charge >= 0.3 is 0 Å². The van der Waals surface area contributed by atoms with Gasteiger partial charge in [0.2, 0.25) is 5.95 Å². The highest BCUT2D eigenvalue weighted by atomic mass is 15.3. The molecule has 114 valence electrons. The topological polar surface area (TPSA) is 33.1 Å². The summed E-state index contributed by atoms with van der Waals surface area (Å²) < 4.78 is 2.11. The second kappa shape index (κ2) is 6.66. The summed E-state index contributed by atoms with van der Waals surface area (Å²) in [4.78, 5) is 6.44. The molecule has 4 nitrogen and oxygen atoms in total. The first-order valence-corrected chi connectivity index (χ1v) is 7.54. The van der Waals surface area contributed by atoms with E-state index in [1.165, 1.54) is 17.7 Å². The van der Waals surface area contributed by atoms with Crippen LogP contribution in [0.2, 0.25) is 0 Å². The van der Waals surface area contributed by atoms with Crippen molar-refractivity contribution in [3.63, 3.8) is 0 Å². The van der Waals surface area contributed by atoms with Crippen LogP contribution < -0.4 is 10.2 Å². The highest BCUT2D eigenvalue weighted by Gasteiger charge is 2.08. The third-order valence-electron chi connectivity index (χ3n) is 4.03. The lowest BCUT2D eigenvalue weighted by molar-refractivity contribution is 0.733. The quantitative estimate of drug-likeness (QED) is 0.880. The summed E-state index contributed by atoms with van der Waals surface area (Å²) in [7, 11) is 6.06. The van der Waals surface area contributed by atoms with Crippen molar-refractivity contribution in [2.45, 2.75) is 32.7 Å². The van der Waals surface area contributed by atoms with Crippen molar-refractivity contribution in [1.29, 1.82) is 0 Å². The molecule has 0 fully saturated rings. The molecule has 0 aliphatic heterocycles. The van der Waals surface area contributed by atoms with E-state index in [4.69, 9.17) is 0 Å². The summed E-state index contributed by atoms with van der Waals surface area (Å²) in [5.41, 5.74) is 3.72. The molecule has 0 bridgehead atoms. The number of aromatic nitrogens is 2. The molecule has 1 heterocycles. The Kier molecular flexibility index (Phi) is 4.89. The van der Waals surface area contributed by atoms with Crippen LogP contribution in [-0.4, -0.2) is 23.6 Å². The van der Waals surface area contributed by atoms with Crippen LogP contribution in [0.5, 0.6) is 0 Å². The van der Waals surface area contributed by atoms with Crippen molar-refractivity contribution < 1.29 is 0 Å². The standard InChI is InChI=1S/C17H26N4/c1-6-13(2)14-7-9-15(10-8-14)18-11-16-12-19-17(20(3)4)21(16)5/h7-10,12-13,18H,6,11H2,1-5H3. The maximum absolute atomic E-state index is 4.42. The summed E-state index contributed by atoms with van der Waals surface area (Å²) >= 11 is 0. The van der Waals surface area contributed by atoms with E-state index in [2.05, 4.69) is 53.0 Å². The smallest absolute Gasteiger partial charge is 0.204 e. The van der Waals surface area contributed by atoms with Gasteiger partial charge in [0, 0.05) is 26.8 Å². The molecule has 0 saturated carbocycles. The van der Waals surface area contributed by atoms with Gasteiger partial charge in [0.25, 0.3) is 0 Å². The molecule has 0 aliphatic rings. The zero-order valence-corrected chi connectivity index (χ0v) is 13.7. The Morgan fingerprint density at radius 1 is 1.24 bits per heavy atom. The predicted octanol–water partition coefficient (Wildman–Crippen LogP) is 3.61. The third-order valence-corrected chi connectivity index (χ3v) is 4.03. The molecule has 0 amide bonds. The first-order valence-electron chi connectivity index (χ1n) is 7.54. The van der Waals surface area contributed by atoms with Crippen molar-refractivity contribution >= 4 is 11.6 Å². The van der Waals surface area contributed by atoms with Crippen LogP contribution in [0.3, 0.4) is 0 Å². The minimum atomic E-state index is 0.624. The molecular weight excluding hydrogens is 260 g/mol. The second-order valence-corrected chi connectivity index (χ2v) is 5.79. The molecule has 0 radical (unpaired) electrons. The summed E-state index contributed by atoms with van der Waals surface area (Å²) in [6.45, 7) is 5.27. The van der Waals surface area contributed by atoms with E-state index in [1.807, 2.05) is 32.2 Å². The number of hydrogen-bond donors (Lipinski definition) is 1. The summed E-state index contributed by atoms with van der Waals surface area (Å²) in [6.07, 6.45) is 3.10. The molecule has 1 aromatic heterocycles. The molecule has 1 aromatic carbocycles. The van der Waals surface area contributed by atoms with Gasteiger partial charge in [-0.05, 0) is 30.0 Å². The summed E-state index contributed by atoms with van der Waals surface area (Å²) in [6, 6.07) is 8.74. The van der Waals surface area contributed by atoms with Gasteiger partial charge in [-0.15, -0.1) is 0 Å². The van der Waals surface area contributed by atoms with Crippen LogP contribution in [0.1, 0.15) is 37.4 Å². The molecule has 0 spiro atoms. The summed E-state index contributed by atoms with van der Waals surface area (Å²) in [5, 5.41) is 3.46. The van der Waals surface area contributed by atoms with Crippen LogP contribution in [0.15, 0.2) is 30.5 Å². The van der Waals surface area contributed by atoms with E-state index < -0.39 is 0 Å². The normalized spacial score (nSPS) is 12.2. The van der Waals surface area contributed by atoms with Crippen LogP contribution in [0, 0.1) is 0 Å². The molecule has 4 heteroatoms. The lowest BCUT2D eigenvalue weighted by Crippen LogP contribution is -2.15. The van der Waals surface area contributed by atoms with Gasteiger partial charge < -0.3 is 14.8 Å². The molecule has 0 aliphatic carbocycles. The average molecular weight is 286 g/mol. The predicted molar refractivity (Wildman–Crippen MR) is 90.0 cm³/mol. The van der Waals surface area contributed by atoms with Gasteiger partial charge in [0.15, 0.2) is 0 Å². The Morgan fingerprint density at radius 2 is 1.90 bits per heavy atom. The second-order valence-electron chi connectivity index (χ2n) is 5.79. The van der Waals surface area contributed by atoms with E-state index >= 15 is 0 Å². The van der Waals surface area contributed by atoms with Crippen LogP contribution in [0.4, 0.5) is 11.6 Å². The van der Waals surface area contributed by atoms with Crippen molar-refractivity contribution in [3.05, 3.63) is 41.7 Å². The molecule has 2 rings (SSSR count). The van der Waals surface area contributed by atoms with Crippen LogP contribution in [-0.2, 0) is 13.6 Å². The first kappa shape index (κ1) is 15.4. The number of anilines is 2. The SMILES string of the molecule is CCC(C)c1ccc(NCc2cnc(N(C)C)n2C)cc1. The van der Waals surface area contributed by atoms with Crippen molar-refractivity contribution in [3.8, 4) is 0 Å². The van der Waals surface area contributed by atoms with E-state index in [-0.39, 0.29) is 0 Å². The maximum Gasteiger partial charge on any atom is 0.204 e. The van der Waals surface area contributed by atoms with Gasteiger partial charge in [-0.3, -0.25) is 0 Å². The lowest BCUT2D eigenvalue weighted by atomic mass is 9.99. The third kappa shape index (κ3) is 3.57. The zero-order chi connectivity index (χ0) is 15.4. The van der Waals surface area contributed by atoms with Crippen molar-refractivity contribution in [2.24, 2.45) is 7.05 Å². The molecule has 1 N–H and O–H groups in total. The van der Waals surface area contributed by atoms with Crippen molar-refractivity contribution in [2.75, 3.05) is 24.3 Å². The Hall–Kier alpha value is -1.97. The fraction of sp³-hybridized carbons (Fsp3) is 0.471. The van der Waals surface area contributed by atoms with E-state index in [0.29, 0.717) is 5.92 Å². The first-order chi connectivity index (χ1) is 10.0. The average Bonchev–Trinajstić information content (AvgIpc) is 2.86. The van der Waals surface area contributed by atoms with Gasteiger partial charge in [-0.1, -0.05) is 26.0 Å². The minimum Gasteiger partial charge on any atom is -0.379 e. The van der Waals surface area contributed by atoms with Crippen molar-refractivity contribution in [1.82, 2.24) is 9.55 Å². The number of rotatable bonds is 6. The molecule has 1 atom stereocenters. The Bertz CT molecular complexity index is 569. The van der Waals surface area contributed by atoms with Gasteiger partial charge in [0.05, 0.1) is 18.4 Å². The number of benzene rings is 1. The van der Waals surface area contributed by atoms with Crippen LogP contribution >= 0.6 is 0 Å². The van der Waals surface area contributed by atoms with Gasteiger partial charge in [0.1, 0.15) is 0 Å². The number of nitrogens with zero attached hydrogens (tertiary/aromatic N) is 3. The highest BCUT2D eigenvalue weighted by Crippen LogP contribution is 2.21. The van der Waals surface area contributed by atoms with E-state index in [1.54, 1.807) is 0 Å². The Balaban J connectivity index is 2.00. The highest BCUT2D eigenvalue weighted by molar-refractivity contribution is 5.45. The maximum atomic E-state index is 4.42. The molecule has 0 saturated heterocycles. The fourth-order valence-corrected chi connectivity index (χ4v) is 2.37. The summed E-state index contributed by atoms with van der Waals surface area (Å²) in [5.74, 6) is 1.60. The number of hydrogen-bond acceptors (Lipinski definition) is 3. The number of imidazole rings is 1. The Morgan fingerprint density at radius 3 is 2.43 bits per heavy atom. The minimum absolute atomic E-state index is 0.624. The fourth-order valence-electron chi connectivity index (χ4n) is 2.37. The molecule has 21 heavy (non-hydrogen) atoms.